The van der Waals surface area contributed by atoms with Crippen molar-refractivity contribution in [2.75, 3.05) is 0 Å². The van der Waals surface area contributed by atoms with Gasteiger partial charge in [-0.25, -0.2) is 0 Å². The predicted molar refractivity (Wildman–Crippen MR) is 68.3 cm³/mol. The Morgan fingerprint density at radius 3 is 1.58 bits per heavy atom. The average Bonchev–Trinajstić information content (AvgIpc) is 2.99. The van der Waals surface area contributed by atoms with E-state index in [0.717, 1.165) is 12.2 Å². The molecule has 0 spiro atoms. The summed E-state index contributed by atoms with van der Waals surface area (Å²) in [5, 5.41) is 0. The van der Waals surface area contributed by atoms with Gasteiger partial charge in [0.1, 0.15) is 0 Å². The van der Waals surface area contributed by atoms with E-state index in [1.165, 1.54) is 6.92 Å². The summed E-state index contributed by atoms with van der Waals surface area (Å²) in [4.78, 5) is 0. The number of alkyl halides is 10. The Kier molecular flexibility index (Phi) is 6.04. The second-order valence-electron chi connectivity index (χ2n) is 5.08. The van der Waals surface area contributed by atoms with E-state index in [1.54, 1.807) is 0 Å². The number of unbranched alkanes of at least 4 members (excludes halogenated alkanes) is 1. The SMILES string of the molecule is CCCCC(F)(F)C(F)(F)C(F)(F)C(F)(F)C(F)(F)[Te]1C=CC=C1. The maximum absolute atomic E-state index is 13.7. The Morgan fingerprint density at radius 2 is 1.17 bits per heavy atom. The van der Waals surface area contributed by atoms with Crippen LogP contribution in [0.1, 0.15) is 26.2 Å². The van der Waals surface area contributed by atoms with Crippen LogP contribution in [-0.2, 0) is 0 Å². The monoisotopic (exact) mass is 489 g/mol. The third-order valence-electron chi connectivity index (χ3n) is 3.32. The summed E-state index contributed by atoms with van der Waals surface area (Å²) in [6.45, 7) is 1.28. The van der Waals surface area contributed by atoms with Crippen LogP contribution in [0.15, 0.2) is 20.4 Å². The first-order valence-corrected chi connectivity index (χ1v) is 10.5. The molecule has 0 amide bonds. The van der Waals surface area contributed by atoms with Crippen LogP contribution < -0.4 is 0 Å². The molecular formula is C13H13F10Te. The summed E-state index contributed by atoms with van der Waals surface area (Å²) in [7, 11) is 0. The molecule has 1 radical (unpaired) electrons. The second kappa shape index (κ2) is 6.71. The van der Waals surface area contributed by atoms with Gasteiger partial charge in [-0.3, -0.25) is 0 Å². The van der Waals surface area contributed by atoms with Gasteiger partial charge in [-0.2, -0.15) is 0 Å². The van der Waals surface area contributed by atoms with Crippen molar-refractivity contribution in [1.82, 2.24) is 0 Å². The van der Waals surface area contributed by atoms with E-state index >= 15 is 0 Å². The quantitative estimate of drug-likeness (QED) is 0.310. The Labute approximate surface area is 138 Å². The van der Waals surface area contributed by atoms with E-state index in [9.17, 15) is 43.9 Å². The third kappa shape index (κ3) is 3.18. The van der Waals surface area contributed by atoms with Gasteiger partial charge in [0.2, 0.25) is 0 Å². The van der Waals surface area contributed by atoms with Crippen molar-refractivity contribution in [2.45, 2.75) is 53.8 Å². The summed E-state index contributed by atoms with van der Waals surface area (Å²) >= 11 is -4.51. The Bertz CT molecular complexity index is 497. The second-order valence-corrected chi connectivity index (χ2v) is 10.2. The van der Waals surface area contributed by atoms with Crippen molar-refractivity contribution in [3.05, 3.63) is 20.4 Å². The van der Waals surface area contributed by atoms with Crippen LogP contribution in [0.4, 0.5) is 43.9 Å². The molecule has 0 atom stereocenters. The number of hydrogen-bond donors (Lipinski definition) is 0. The molecule has 0 saturated heterocycles. The number of rotatable bonds is 8. The molecule has 0 nitrogen and oxygen atoms in total. The summed E-state index contributed by atoms with van der Waals surface area (Å²) in [6, 6.07) is 0. The molecule has 1 rings (SSSR count). The van der Waals surface area contributed by atoms with Gasteiger partial charge >= 0.3 is 138 Å². The van der Waals surface area contributed by atoms with E-state index in [0.29, 0.717) is 8.25 Å². The zero-order chi connectivity index (χ0) is 19.0. The molecule has 1 aliphatic heterocycles. The molecule has 0 saturated carbocycles. The molecule has 0 aromatic rings. The standard InChI is InChI=1S/C13H13F10Te/c1-2-3-6-9(14,15)10(16,17)11(18,19)12(20,21)13(22,23)24-7-4-5-8-24/h4-5,7-8H,2-3,6H2,1H3. The number of allylic oxidation sites excluding steroid dienone is 2. The summed E-state index contributed by atoms with van der Waals surface area (Å²) < 4.78 is 131. The van der Waals surface area contributed by atoms with Gasteiger partial charge in [-0.1, -0.05) is 0 Å². The van der Waals surface area contributed by atoms with Crippen molar-refractivity contribution in [1.29, 1.82) is 0 Å². The fourth-order valence-electron chi connectivity index (χ4n) is 1.79. The molecule has 0 aromatic carbocycles. The van der Waals surface area contributed by atoms with Gasteiger partial charge in [-0.15, -0.1) is 0 Å². The average molecular weight is 487 g/mol. The van der Waals surface area contributed by atoms with Gasteiger partial charge in [0.15, 0.2) is 0 Å². The van der Waals surface area contributed by atoms with Crippen molar-refractivity contribution in [2.24, 2.45) is 0 Å². The molecule has 0 bridgehead atoms. The van der Waals surface area contributed by atoms with Crippen LogP contribution >= 0.6 is 0 Å². The number of hydrogen-bond acceptors (Lipinski definition) is 0. The van der Waals surface area contributed by atoms with E-state index in [-0.39, 0.29) is 6.42 Å². The molecule has 1 heterocycles. The van der Waals surface area contributed by atoms with Crippen molar-refractivity contribution < 1.29 is 43.9 Å². The van der Waals surface area contributed by atoms with Crippen LogP contribution in [0.3, 0.4) is 0 Å². The molecule has 141 valence electrons. The Balaban J connectivity index is 3.28. The van der Waals surface area contributed by atoms with E-state index < -0.39 is 60.1 Å². The van der Waals surface area contributed by atoms with Gasteiger partial charge in [0.25, 0.3) is 0 Å². The van der Waals surface area contributed by atoms with E-state index in [1.807, 2.05) is 0 Å². The van der Waals surface area contributed by atoms with Crippen LogP contribution in [0, 0.1) is 0 Å². The summed E-state index contributed by atoms with van der Waals surface area (Å²) in [5.41, 5.74) is 0. The van der Waals surface area contributed by atoms with Gasteiger partial charge < -0.3 is 0 Å². The molecule has 0 N–H and O–H groups in total. The first-order chi connectivity index (χ1) is 10.7. The first kappa shape index (κ1) is 21.6. The minimum absolute atomic E-state index is 0.101. The molecule has 0 aromatic heterocycles. The predicted octanol–water partition coefficient (Wildman–Crippen LogP) is 5.59. The van der Waals surface area contributed by atoms with Gasteiger partial charge in [0.05, 0.1) is 0 Å². The van der Waals surface area contributed by atoms with E-state index in [2.05, 4.69) is 0 Å². The summed E-state index contributed by atoms with van der Waals surface area (Å²) in [5.74, 6) is -25.7. The van der Waals surface area contributed by atoms with Crippen molar-refractivity contribution in [3.8, 4) is 0 Å². The zero-order valence-electron chi connectivity index (χ0n) is 12.1. The van der Waals surface area contributed by atoms with Crippen LogP contribution in [0.25, 0.3) is 0 Å². The summed E-state index contributed by atoms with van der Waals surface area (Å²) in [6.07, 6.45) is -0.793. The molecule has 11 heteroatoms. The van der Waals surface area contributed by atoms with Gasteiger partial charge in [-0.05, 0) is 0 Å². The topological polar surface area (TPSA) is 0 Å². The maximum atomic E-state index is 13.7. The normalized spacial score (nSPS) is 17.8. The zero-order valence-corrected chi connectivity index (χ0v) is 14.4. The Morgan fingerprint density at radius 1 is 0.708 bits per heavy atom. The van der Waals surface area contributed by atoms with Gasteiger partial charge in [0, 0.05) is 0 Å². The van der Waals surface area contributed by atoms with Crippen LogP contribution in [-0.4, -0.2) is 47.2 Å². The van der Waals surface area contributed by atoms with Crippen molar-refractivity contribution in [3.63, 3.8) is 0 Å². The fourth-order valence-corrected chi connectivity index (χ4v) is 5.72. The Hall–Kier alpha value is -0.430. The molecule has 0 fully saturated rings. The number of halogens is 10. The van der Waals surface area contributed by atoms with E-state index in [4.69, 9.17) is 0 Å². The molecule has 1 aliphatic rings. The molecule has 24 heavy (non-hydrogen) atoms. The first-order valence-electron chi connectivity index (χ1n) is 6.63. The van der Waals surface area contributed by atoms with Crippen LogP contribution in [0.2, 0.25) is 0 Å². The van der Waals surface area contributed by atoms with Crippen LogP contribution in [0.5, 0.6) is 0 Å². The molecule has 0 unspecified atom stereocenters. The van der Waals surface area contributed by atoms with Crippen molar-refractivity contribution >= 4 is 19.6 Å². The minimum atomic E-state index is -6.92. The fraction of sp³-hybridized carbons (Fsp3) is 0.692. The molecule has 0 aliphatic carbocycles. The molecular weight excluding hydrogens is 474 g/mol. The third-order valence-corrected chi connectivity index (χ3v) is 8.31.